The Balaban J connectivity index is 2.22. The summed E-state index contributed by atoms with van der Waals surface area (Å²) in [7, 11) is 0. The second-order valence-electron chi connectivity index (χ2n) is 2.98. The van der Waals surface area contributed by atoms with Crippen LogP contribution < -0.4 is 11.1 Å². The zero-order valence-corrected chi connectivity index (χ0v) is 8.57. The molecule has 3 N–H and O–H groups in total. The Kier molecular flexibility index (Phi) is 2.69. The van der Waals surface area contributed by atoms with Crippen LogP contribution >= 0.6 is 11.6 Å². The molecule has 0 radical (unpaired) electrons. The van der Waals surface area contributed by atoms with Gasteiger partial charge in [0, 0.05) is 17.4 Å². The quantitative estimate of drug-likeness (QED) is 0.603. The lowest BCUT2D eigenvalue weighted by atomic mass is 10.3. The zero-order chi connectivity index (χ0) is 10.7. The van der Waals surface area contributed by atoms with Gasteiger partial charge in [-0.3, -0.25) is 0 Å². The Morgan fingerprint density at radius 2 is 2.07 bits per heavy atom. The first-order valence-corrected chi connectivity index (χ1v) is 4.72. The first-order valence-electron chi connectivity index (χ1n) is 4.34. The maximum Gasteiger partial charge on any atom is 0.135 e. The maximum absolute atomic E-state index is 5.73. The average Bonchev–Trinajstić information content (AvgIpc) is 2.17. The second-order valence-corrected chi connectivity index (χ2v) is 3.36. The summed E-state index contributed by atoms with van der Waals surface area (Å²) in [6, 6.07) is 9.03. The summed E-state index contributed by atoms with van der Waals surface area (Å²) < 4.78 is 0. The highest BCUT2D eigenvalue weighted by Crippen LogP contribution is 2.17. The standard InChI is InChI=1S/C10H9ClN4/c11-9-5-10(14-6-13-9)15-8-3-1-2-7(12)4-8/h1-6H,12H2,(H,13,14,15). The fraction of sp³-hybridized carbons (Fsp3) is 0. The van der Waals surface area contributed by atoms with E-state index in [2.05, 4.69) is 15.3 Å². The molecule has 0 bridgehead atoms. The van der Waals surface area contributed by atoms with Gasteiger partial charge in [0.1, 0.15) is 17.3 Å². The predicted molar refractivity (Wildman–Crippen MR) is 61.2 cm³/mol. The van der Waals surface area contributed by atoms with Crippen molar-refractivity contribution in [1.82, 2.24) is 9.97 Å². The highest BCUT2D eigenvalue weighted by molar-refractivity contribution is 6.29. The monoisotopic (exact) mass is 220 g/mol. The molecule has 1 aromatic heterocycles. The number of hydrogen-bond acceptors (Lipinski definition) is 4. The van der Waals surface area contributed by atoms with Gasteiger partial charge in [0.15, 0.2) is 0 Å². The number of rotatable bonds is 2. The van der Waals surface area contributed by atoms with E-state index in [4.69, 9.17) is 17.3 Å². The van der Waals surface area contributed by atoms with E-state index >= 15 is 0 Å². The van der Waals surface area contributed by atoms with E-state index < -0.39 is 0 Å². The molecule has 0 aliphatic heterocycles. The van der Waals surface area contributed by atoms with Gasteiger partial charge in [0.25, 0.3) is 0 Å². The third-order valence-corrected chi connectivity index (χ3v) is 2.00. The minimum atomic E-state index is 0.399. The SMILES string of the molecule is Nc1cccc(Nc2cc(Cl)ncn2)c1. The summed E-state index contributed by atoms with van der Waals surface area (Å²) in [6.07, 6.45) is 1.40. The third-order valence-electron chi connectivity index (χ3n) is 1.79. The van der Waals surface area contributed by atoms with E-state index in [1.165, 1.54) is 6.33 Å². The molecule has 2 aromatic rings. The average molecular weight is 221 g/mol. The third kappa shape index (κ3) is 2.57. The highest BCUT2D eigenvalue weighted by Gasteiger charge is 1.97. The molecule has 15 heavy (non-hydrogen) atoms. The second kappa shape index (κ2) is 4.14. The van der Waals surface area contributed by atoms with Gasteiger partial charge in [-0.15, -0.1) is 0 Å². The predicted octanol–water partition coefficient (Wildman–Crippen LogP) is 2.46. The Morgan fingerprint density at radius 1 is 1.20 bits per heavy atom. The molecule has 0 atom stereocenters. The number of nitrogens with two attached hydrogens (primary N) is 1. The van der Waals surface area contributed by atoms with E-state index in [0.717, 1.165) is 5.69 Å². The molecule has 76 valence electrons. The number of halogens is 1. The van der Waals surface area contributed by atoms with E-state index in [0.29, 0.717) is 16.7 Å². The van der Waals surface area contributed by atoms with Crippen molar-refractivity contribution in [3.63, 3.8) is 0 Å². The largest absolute Gasteiger partial charge is 0.399 e. The van der Waals surface area contributed by atoms with Crippen LogP contribution in [0.5, 0.6) is 0 Å². The van der Waals surface area contributed by atoms with E-state index in [9.17, 15) is 0 Å². The number of nitrogen functional groups attached to an aromatic ring is 1. The molecule has 0 aliphatic rings. The molecule has 2 rings (SSSR count). The van der Waals surface area contributed by atoms with Crippen LogP contribution in [0.15, 0.2) is 36.7 Å². The van der Waals surface area contributed by atoms with Gasteiger partial charge in [0.05, 0.1) is 0 Å². The van der Waals surface area contributed by atoms with Gasteiger partial charge in [0.2, 0.25) is 0 Å². The van der Waals surface area contributed by atoms with Crippen molar-refractivity contribution in [2.24, 2.45) is 0 Å². The molecule has 5 heteroatoms. The molecule has 0 fully saturated rings. The van der Waals surface area contributed by atoms with Crippen molar-refractivity contribution in [2.45, 2.75) is 0 Å². The van der Waals surface area contributed by atoms with Crippen molar-refractivity contribution in [3.05, 3.63) is 41.8 Å². The number of nitrogens with one attached hydrogen (secondary N) is 1. The summed E-state index contributed by atoms with van der Waals surface area (Å²) in [5.74, 6) is 0.639. The molecule has 0 unspecified atom stereocenters. The van der Waals surface area contributed by atoms with Crippen LogP contribution in [0.2, 0.25) is 5.15 Å². The molecule has 0 saturated heterocycles. The Bertz CT molecular complexity index is 429. The van der Waals surface area contributed by atoms with Crippen LogP contribution in [0, 0.1) is 0 Å². The van der Waals surface area contributed by atoms with Crippen molar-refractivity contribution in [3.8, 4) is 0 Å². The first-order chi connectivity index (χ1) is 7.24. The minimum Gasteiger partial charge on any atom is -0.399 e. The van der Waals surface area contributed by atoms with Crippen LogP contribution in [0.3, 0.4) is 0 Å². The summed E-state index contributed by atoms with van der Waals surface area (Å²) >= 11 is 5.73. The van der Waals surface area contributed by atoms with Gasteiger partial charge in [-0.1, -0.05) is 17.7 Å². The number of nitrogens with zero attached hydrogens (tertiary/aromatic N) is 2. The van der Waals surface area contributed by atoms with Crippen LogP contribution in [-0.2, 0) is 0 Å². The smallest absolute Gasteiger partial charge is 0.135 e. The normalized spacial score (nSPS) is 9.93. The fourth-order valence-corrected chi connectivity index (χ4v) is 1.31. The molecule has 0 spiro atoms. The Hall–Kier alpha value is -1.81. The van der Waals surface area contributed by atoms with Crippen molar-refractivity contribution >= 4 is 28.8 Å². The molecular formula is C10H9ClN4. The first kappa shape index (κ1) is 9.73. The van der Waals surface area contributed by atoms with Crippen molar-refractivity contribution < 1.29 is 0 Å². The van der Waals surface area contributed by atoms with Gasteiger partial charge in [-0.2, -0.15) is 0 Å². The van der Waals surface area contributed by atoms with E-state index in [1.807, 2.05) is 24.3 Å². The van der Waals surface area contributed by atoms with Crippen LogP contribution in [-0.4, -0.2) is 9.97 Å². The Morgan fingerprint density at radius 3 is 2.80 bits per heavy atom. The van der Waals surface area contributed by atoms with Gasteiger partial charge < -0.3 is 11.1 Å². The summed E-state index contributed by atoms with van der Waals surface area (Å²) in [4.78, 5) is 7.81. The molecular weight excluding hydrogens is 212 g/mol. The van der Waals surface area contributed by atoms with Gasteiger partial charge in [-0.05, 0) is 18.2 Å². The van der Waals surface area contributed by atoms with Gasteiger partial charge >= 0.3 is 0 Å². The lowest BCUT2D eigenvalue weighted by molar-refractivity contribution is 1.17. The molecule has 0 saturated carbocycles. The topological polar surface area (TPSA) is 63.8 Å². The summed E-state index contributed by atoms with van der Waals surface area (Å²) in [5, 5.41) is 3.47. The molecule has 1 heterocycles. The lowest BCUT2D eigenvalue weighted by Crippen LogP contribution is -1.95. The molecule has 1 aromatic carbocycles. The minimum absolute atomic E-state index is 0.399. The number of benzene rings is 1. The molecule has 0 aliphatic carbocycles. The van der Waals surface area contributed by atoms with E-state index in [-0.39, 0.29) is 0 Å². The van der Waals surface area contributed by atoms with Crippen molar-refractivity contribution in [1.29, 1.82) is 0 Å². The number of hydrogen-bond donors (Lipinski definition) is 2. The summed E-state index contributed by atoms with van der Waals surface area (Å²) in [6.45, 7) is 0. The highest BCUT2D eigenvalue weighted by atomic mass is 35.5. The van der Waals surface area contributed by atoms with Crippen LogP contribution in [0.4, 0.5) is 17.2 Å². The van der Waals surface area contributed by atoms with Crippen LogP contribution in [0.25, 0.3) is 0 Å². The van der Waals surface area contributed by atoms with E-state index in [1.54, 1.807) is 6.07 Å². The van der Waals surface area contributed by atoms with Gasteiger partial charge in [-0.25, -0.2) is 9.97 Å². The maximum atomic E-state index is 5.73. The fourth-order valence-electron chi connectivity index (χ4n) is 1.17. The van der Waals surface area contributed by atoms with Crippen molar-refractivity contribution in [2.75, 3.05) is 11.1 Å². The Labute approximate surface area is 92.1 Å². The van der Waals surface area contributed by atoms with Crippen LogP contribution in [0.1, 0.15) is 0 Å². The summed E-state index contributed by atoms with van der Waals surface area (Å²) in [5.41, 5.74) is 7.20. The lowest BCUT2D eigenvalue weighted by Gasteiger charge is -2.05. The number of anilines is 3. The molecule has 4 nitrogen and oxygen atoms in total. The molecule has 0 amide bonds. The number of aromatic nitrogens is 2. The zero-order valence-electron chi connectivity index (χ0n) is 7.81.